The van der Waals surface area contributed by atoms with Gasteiger partial charge in [0.15, 0.2) is 5.75 Å². The molecule has 0 unspecified atom stereocenters. The highest BCUT2D eigenvalue weighted by molar-refractivity contribution is 7.89. The van der Waals surface area contributed by atoms with Gasteiger partial charge in [0.1, 0.15) is 18.6 Å². The first-order valence-corrected chi connectivity index (χ1v) is 11.3. The molecule has 10 heteroatoms. The molecule has 1 saturated heterocycles. The fourth-order valence-electron chi connectivity index (χ4n) is 2.96. The van der Waals surface area contributed by atoms with Crippen LogP contribution in [0.15, 0.2) is 16.7 Å². The number of furan rings is 1. The van der Waals surface area contributed by atoms with Crippen molar-refractivity contribution in [3.63, 3.8) is 0 Å². The van der Waals surface area contributed by atoms with Gasteiger partial charge >= 0.3 is 6.03 Å². The first kappa shape index (κ1) is 20.7. The molecule has 2 N–H and O–H groups in total. The first-order chi connectivity index (χ1) is 13.3. The van der Waals surface area contributed by atoms with Crippen molar-refractivity contribution in [1.29, 1.82) is 0 Å². The Morgan fingerprint density at radius 1 is 1.32 bits per heavy atom. The third-order valence-corrected chi connectivity index (χ3v) is 6.31. The fraction of sp³-hybridized carbons (Fsp3) is 0.667. The van der Waals surface area contributed by atoms with Gasteiger partial charge in [0.2, 0.25) is 15.9 Å². The molecule has 2 heterocycles. The molecule has 1 aliphatic carbocycles. The number of urea groups is 1. The SMILES string of the molecule is C[C@@H](NS(=O)(=O)CCCCCN1CC(=O)NC1=O)c1cc(OCC2CC2)co1. The lowest BCUT2D eigenvalue weighted by Crippen LogP contribution is -2.30. The first-order valence-electron chi connectivity index (χ1n) is 9.62. The van der Waals surface area contributed by atoms with Crippen LogP contribution in [-0.2, 0) is 14.8 Å². The Morgan fingerprint density at radius 3 is 2.79 bits per heavy atom. The number of rotatable bonds is 12. The number of hydrogen-bond acceptors (Lipinski definition) is 6. The van der Waals surface area contributed by atoms with E-state index in [2.05, 4.69) is 10.0 Å². The van der Waals surface area contributed by atoms with E-state index in [1.54, 1.807) is 13.0 Å². The molecule has 0 bridgehead atoms. The fourth-order valence-corrected chi connectivity index (χ4v) is 4.31. The molecule has 1 atom stereocenters. The molecule has 0 spiro atoms. The maximum Gasteiger partial charge on any atom is 0.324 e. The molecule has 2 aliphatic rings. The topological polar surface area (TPSA) is 118 Å². The lowest BCUT2D eigenvalue weighted by molar-refractivity contribution is -0.118. The zero-order valence-electron chi connectivity index (χ0n) is 16.0. The summed E-state index contributed by atoms with van der Waals surface area (Å²) < 4.78 is 38.2. The lowest BCUT2D eigenvalue weighted by Gasteiger charge is -2.13. The number of carbonyl (C=O) groups is 2. The Bertz CT molecular complexity index is 802. The van der Waals surface area contributed by atoms with E-state index in [1.807, 2.05) is 0 Å². The van der Waals surface area contributed by atoms with E-state index in [0.29, 0.717) is 49.8 Å². The summed E-state index contributed by atoms with van der Waals surface area (Å²) in [6.45, 7) is 2.92. The monoisotopic (exact) mass is 413 g/mol. The normalized spacial score (nSPS) is 18.4. The second kappa shape index (κ2) is 8.95. The van der Waals surface area contributed by atoms with E-state index in [1.165, 1.54) is 24.0 Å². The summed E-state index contributed by atoms with van der Waals surface area (Å²) in [5.41, 5.74) is 0. The molecule has 0 aromatic carbocycles. The summed E-state index contributed by atoms with van der Waals surface area (Å²) >= 11 is 0. The van der Waals surface area contributed by atoms with Crippen LogP contribution in [0.4, 0.5) is 4.79 Å². The zero-order valence-corrected chi connectivity index (χ0v) is 16.8. The highest BCUT2D eigenvalue weighted by Gasteiger charge is 2.26. The number of ether oxygens (including phenoxy) is 1. The van der Waals surface area contributed by atoms with Gasteiger partial charge < -0.3 is 14.1 Å². The van der Waals surface area contributed by atoms with Crippen LogP contribution in [0.25, 0.3) is 0 Å². The van der Waals surface area contributed by atoms with Crippen molar-refractivity contribution in [2.24, 2.45) is 5.92 Å². The predicted octanol–water partition coefficient (Wildman–Crippen LogP) is 1.77. The van der Waals surface area contributed by atoms with Gasteiger partial charge in [-0.3, -0.25) is 10.1 Å². The summed E-state index contributed by atoms with van der Waals surface area (Å²) in [4.78, 5) is 23.9. The van der Waals surface area contributed by atoms with Gasteiger partial charge in [-0.25, -0.2) is 17.9 Å². The molecule has 1 saturated carbocycles. The van der Waals surface area contributed by atoms with Gasteiger partial charge in [0.05, 0.1) is 18.4 Å². The number of nitrogens with zero attached hydrogens (tertiary/aromatic N) is 1. The van der Waals surface area contributed by atoms with Gasteiger partial charge in [0, 0.05) is 12.6 Å². The van der Waals surface area contributed by atoms with Crippen molar-refractivity contribution in [2.45, 2.75) is 45.1 Å². The standard InChI is InChI=1S/C18H27N3O6S/c1-13(16-9-15(12-27-16)26-11-14-5-6-14)20-28(24,25)8-4-2-3-7-21-10-17(22)19-18(21)23/h9,12-14,20H,2-8,10-11H2,1H3,(H,19,22,23)/t13-/m1/s1. The molecule has 3 amide bonds. The van der Waals surface area contributed by atoms with Crippen LogP contribution in [0.5, 0.6) is 5.75 Å². The van der Waals surface area contributed by atoms with Crippen molar-refractivity contribution in [1.82, 2.24) is 14.9 Å². The van der Waals surface area contributed by atoms with Crippen LogP contribution in [-0.4, -0.2) is 50.7 Å². The molecule has 9 nitrogen and oxygen atoms in total. The summed E-state index contributed by atoms with van der Waals surface area (Å²) in [7, 11) is -3.45. The van der Waals surface area contributed by atoms with Crippen molar-refractivity contribution < 1.29 is 27.2 Å². The van der Waals surface area contributed by atoms with Crippen LogP contribution in [0.1, 0.15) is 50.8 Å². The van der Waals surface area contributed by atoms with Crippen LogP contribution in [0.2, 0.25) is 0 Å². The molecule has 0 radical (unpaired) electrons. The largest absolute Gasteiger partial charge is 0.490 e. The lowest BCUT2D eigenvalue weighted by atomic mass is 10.2. The molecular weight excluding hydrogens is 386 g/mol. The zero-order chi connectivity index (χ0) is 20.1. The number of nitrogens with one attached hydrogen (secondary N) is 2. The average molecular weight is 413 g/mol. The molecular formula is C18H27N3O6S. The number of imide groups is 1. The second-order valence-electron chi connectivity index (χ2n) is 7.43. The summed E-state index contributed by atoms with van der Waals surface area (Å²) in [6.07, 6.45) is 5.66. The Labute approximate surface area is 164 Å². The van der Waals surface area contributed by atoms with E-state index in [9.17, 15) is 18.0 Å². The van der Waals surface area contributed by atoms with Crippen molar-refractivity contribution in [3.05, 3.63) is 18.1 Å². The van der Waals surface area contributed by atoms with Crippen LogP contribution >= 0.6 is 0 Å². The van der Waals surface area contributed by atoms with Gasteiger partial charge in [0.25, 0.3) is 0 Å². The van der Waals surface area contributed by atoms with Gasteiger partial charge in [-0.1, -0.05) is 6.42 Å². The molecule has 1 aromatic heterocycles. The second-order valence-corrected chi connectivity index (χ2v) is 9.31. The number of sulfonamides is 1. The molecule has 28 heavy (non-hydrogen) atoms. The maximum absolute atomic E-state index is 12.3. The van der Waals surface area contributed by atoms with E-state index >= 15 is 0 Å². The Hall–Kier alpha value is -2.07. The Balaban J connectivity index is 1.34. The molecule has 156 valence electrons. The maximum atomic E-state index is 12.3. The smallest absolute Gasteiger partial charge is 0.324 e. The van der Waals surface area contributed by atoms with Crippen LogP contribution in [0.3, 0.4) is 0 Å². The van der Waals surface area contributed by atoms with Gasteiger partial charge in [-0.2, -0.15) is 0 Å². The average Bonchev–Trinajstić information content (AvgIpc) is 3.23. The predicted molar refractivity (Wildman–Crippen MR) is 101 cm³/mol. The van der Waals surface area contributed by atoms with E-state index in [0.717, 1.165) is 0 Å². The Morgan fingerprint density at radius 2 is 2.11 bits per heavy atom. The van der Waals surface area contributed by atoms with E-state index in [-0.39, 0.29) is 24.2 Å². The Kier molecular flexibility index (Phi) is 6.61. The number of amides is 3. The van der Waals surface area contributed by atoms with Crippen molar-refractivity contribution in [2.75, 3.05) is 25.4 Å². The summed E-state index contributed by atoms with van der Waals surface area (Å²) in [5.74, 6) is 1.46. The highest BCUT2D eigenvalue weighted by atomic mass is 32.2. The molecule has 2 fully saturated rings. The van der Waals surface area contributed by atoms with Crippen molar-refractivity contribution in [3.8, 4) is 5.75 Å². The third kappa shape index (κ3) is 6.23. The highest BCUT2D eigenvalue weighted by Crippen LogP contribution is 2.30. The number of unbranched alkanes of at least 4 members (excludes halogenated alkanes) is 2. The van der Waals surface area contributed by atoms with Gasteiger partial charge in [-0.15, -0.1) is 0 Å². The minimum absolute atomic E-state index is 0.00574. The molecule has 1 aromatic rings. The van der Waals surface area contributed by atoms with Gasteiger partial charge in [-0.05, 0) is 38.5 Å². The molecule has 1 aliphatic heterocycles. The molecule has 3 rings (SSSR count). The quantitative estimate of drug-likeness (QED) is 0.398. The summed E-state index contributed by atoms with van der Waals surface area (Å²) in [6, 6.07) is 0.854. The third-order valence-electron chi connectivity index (χ3n) is 4.77. The van der Waals surface area contributed by atoms with E-state index in [4.69, 9.17) is 9.15 Å². The minimum Gasteiger partial charge on any atom is -0.490 e. The van der Waals surface area contributed by atoms with E-state index < -0.39 is 16.1 Å². The summed E-state index contributed by atoms with van der Waals surface area (Å²) in [5, 5.41) is 2.21. The van der Waals surface area contributed by atoms with Crippen LogP contribution < -0.4 is 14.8 Å². The minimum atomic E-state index is -3.45. The van der Waals surface area contributed by atoms with Crippen molar-refractivity contribution >= 4 is 22.0 Å². The number of carbonyl (C=O) groups excluding carboxylic acids is 2. The van der Waals surface area contributed by atoms with Crippen LogP contribution in [0, 0.1) is 5.92 Å². The number of hydrogen-bond donors (Lipinski definition) is 2.